The molecule has 1 aliphatic carbocycles. The van der Waals surface area contributed by atoms with E-state index >= 15 is 0 Å². The van der Waals surface area contributed by atoms with Crippen molar-refractivity contribution < 1.29 is 14.3 Å². The van der Waals surface area contributed by atoms with E-state index in [-0.39, 0.29) is 11.8 Å². The number of fused-ring (bicyclic) bond motifs is 1. The summed E-state index contributed by atoms with van der Waals surface area (Å²) >= 11 is 0. The van der Waals surface area contributed by atoms with Crippen LogP contribution in [0.2, 0.25) is 0 Å². The number of likely N-dealkylation sites (tertiary alicyclic amines) is 1. The Balaban J connectivity index is 1.75. The van der Waals surface area contributed by atoms with Crippen LogP contribution in [0, 0.1) is 5.41 Å². The Hall–Kier alpha value is -2.36. The average Bonchev–Trinajstić information content (AvgIpc) is 3.14. The van der Waals surface area contributed by atoms with Crippen molar-refractivity contribution in [3.63, 3.8) is 0 Å². The summed E-state index contributed by atoms with van der Waals surface area (Å²) in [6.45, 7) is 1.50. The number of esters is 1. The number of ether oxygens (including phenoxy) is 1. The van der Waals surface area contributed by atoms with Crippen LogP contribution < -0.4 is 0 Å². The van der Waals surface area contributed by atoms with Gasteiger partial charge in [-0.05, 0) is 35.6 Å². The van der Waals surface area contributed by atoms with E-state index in [2.05, 4.69) is 18.2 Å². The van der Waals surface area contributed by atoms with E-state index < -0.39 is 11.4 Å². The maximum Gasteiger partial charge on any atom is 0.322 e. The molecular weight excluding hydrogens is 302 g/mol. The Bertz CT molecular complexity index is 804. The number of amides is 1. The summed E-state index contributed by atoms with van der Waals surface area (Å²) in [7, 11) is 1.37. The van der Waals surface area contributed by atoms with E-state index in [1.165, 1.54) is 7.11 Å². The first-order valence-electron chi connectivity index (χ1n) is 8.54. The molecule has 2 atom stereocenters. The van der Waals surface area contributed by atoms with Crippen molar-refractivity contribution >= 4 is 22.6 Å². The second-order valence-electron chi connectivity index (χ2n) is 6.79. The maximum atomic E-state index is 13.1. The average molecular weight is 323 g/mol. The van der Waals surface area contributed by atoms with Crippen LogP contribution >= 0.6 is 0 Å². The molecule has 0 radical (unpaired) electrons. The lowest BCUT2D eigenvalue weighted by Gasteiger charge is -2.22. The normalized spacial score (nSPS) is 25.7. The van der Waals surface area contributed by atoms with E-state index in [0.29, 0.717) is 6.42 Å². The predicted octanol–water partition coefficient (Wildman–Crippen LogP) is 3.11. The molecule has 4 heteroatoms. The minimum absolute atomic E-state index is 0.0511. The van der Waals surface area contributed by atoms with Crippen molar-refractivity contribution in [2.75, 3.05) is 20.2 Å². The molecule has 2 aliphatic rings. The summed E-state index contributed by atoms with van der Waals surface area (Å²) in [5.74, 6) is -0.536. The van der Waals surface area contributed by atoms with Crippen LogP contribution in [0.5, 0.6) is 0 Å². The minimum atomic E-state index is -1.02. The standard InChI is InChI=1S/C20H21NO3/c1-24-19(23)20(18(22)21-11-4-5-12-21)13-17(20)16-10-6-8-14-7-2-3-9-15(14)16/h2-3,6-10,17H,4-5,11-13H2,1H3/t17-,20+/m1/s1. The molecule has 4 rings (SSSR count). The lowest BCUT2D eigenvalue weighted by Crippen LogP contribution is -2.40. The van der Waals surface area contributed by atoms with Gasteiger partial charge in [0.05, 0.1) is 7.11 Å². The SMILES string of the molecule is COC(=O)[C@@]1(C(=O)N2CCCC2)C[C@@H]1c1cccc2ccccc12. The number of carbonyl (C=O) groups is 2. The molecule has 0 unspecified atom stereocenters. The summed E-state index contributed by atoms with van der Waals surface area (Å²) in [5, 5.41) is 2.25. The zero-order chi connectivity index (χ0) is 16.7. The number of hydrogen-bond donors (Lipinski definition) is 0. The number of hydrogen-bond acceptors (Lipinski definition) is 3. The monoisotopic (exact) mass is 323 g/mol. The molecule has 1 heterocycles. The Morgan fingerprint density at radius 2 is 1.79 bits per heavy atom. The number of nitrogens with zero attached hydrogens (tertiary/aromatic N) is 1. The van der Waals surface area contributed by atoms with Crippen molar-refractivity contribution in [3.8, 4) is 0 Å². The molecule has 1 saturated carbocycles. The Kier molecular flexibility index (Phi) is 3.56. The van der Waals surface area contributed by atoms with Crippen LogP contribution in [0.25, 0.3) is 10.8 Å². The van der Waals surface area contributed by atoms with E-state index in [9.17, 15) is 9.59 Å². The molecule has 0 bridgehead atoms. The van der Waals surface area contributed by atoms with Gasteiger partial charge in [-0.2, -0.15) is 0 Å². The van der Waals surface area contributed by atoms with Crippen LogP contribution in [0.1, 0.15) is 30.7 Å². The fourth-order valence-corrected chi connectivity index (χ4v) is 4.13. The highest BCUT2D eigenvalue weighted by molar-refractivity contribution is 6.08. The first kappa shape index (κ1) is 15.2. The quantitative estimate of drug-likeness (QED) is 0.644. The molecule has 2 aromatic rings. The summed E-state index contributed by atoms with van der Waals surface area (Å²) < 4.78 is 5.04. The van der Waals surface area contributed by atoms with Crippen molar-refractivity contribution in [3.05, 3.63) is 48.0 Å². The second kappa shape index (κ2) is 5.62. The highest BCUT2D eigenvalue weighted by Gasteiger charge is 2.68. The van der Waals surface area contributed by atoms with Gasteiger partial charge in [0, 0.05) is 19.0 Å². The molecule has 24 heavy (non-hydrogen) atoms. The van der Waals surface area contributed by atoms with Crippen molar-refractivity contribution in [2.45, 2.75) is 25.2 Å². The van der Waals surface area contributed by atoms with Crippen molar-refractivity contribution in [1.29, 1.82) is 0 Å². The van der Waals surface area contributed by atoms with Gasteiger partial charge in [0.15, 0.2) is 5.41 Å². The Labute approximate surface area is 141 Å². The van der Waals surface area contributed by atoms with Crippen LogP contribution in [-0.2, 0) is 14.3 Å². The van der Waals surface area contributed by atoms with Gasteiger partial charge in [-0.3, -0.25) is 9.59 Å². The third kappa shape index (κ3) is 2.13. The molecule has 4 nitrogen and oxygen atoms in total. The molecule has 2 aromatic carbocycles. The molecular formula is C20H21NO3. The number of carbonyl (C=O) groups excluding carboxylic acids is 2. The van der Waals surface area contributed by atoms with Crippen molar-refractivity contribution in [1.82, 2.24) is 4.90 Å². The topological polar surface area (TPSA) is 46.6 Å². The van der Waals surface area contributed by atoms with Crippen LogP contribution in [-0.4, -0.2) is 37.0 Å². The van der Waals surface area contributed by atoms with Gasteiger partial charge in [-0.1, -0.05) is 42.5 Å². The maximum absolute atomic E-state index is 13.1. The number of methoxy groups -OCH3 is 1. The van der Waals surface area contributed by atoms with Gasteiger partial charge in [0.2, 0.25) is 5.91 Å². The van der Waals surface area contributed by atoms with Gasteiger partial charge < -0.3 is 9.64 Å². The minimum Gasteiger partial charge on any atom is -0.468 e. The van der Waals surface area contributed by atoms with Gasteiger partial charge in [-0.15, -0.1) is 0 Å². The van der Waals surface area contributed by atoms with Gasteiger partial charge in [-0.25, -0.2) is 0 Å². The van der Waals surface area contributed by atoms with E-state index in [1.54, 1.807) is 0 Å². The van der Waals surface area contributed by atoms with Gasteiger partial charge >= 0.3 is 5.97 Å². The second-order valence-corrected chi connectivity index (χ2v) is 6.79. The van der Waals surface area contributed by atoms with Gasteiger partial charge in [0.1, 0.15) is 0 Å². The zero-order valence-electron chi connectivity index (χ0n) is 13.8. The molecule has 0 spiro atoms. The summed E-state index contributed by atoms with van der Waals surface area (Å²) in [6, 6.07) is 14.2. The third-order valence-electron chi connectivity index (χ3n) is 5.48. The lowest BCUT2D eigenvalue weighted by molar-refractivity contribution is -0.155. The molecule has 124 valence electrons. The van der Waals surface area contributed by atoms with Crippen molar-refractivity contribution in [2.24, 2.45) is 5.41 Å². The largest absolute Gasteiger partial charge is 0.468 e. The number of rotatable bonds is 3. The smallest absolute Gasteiger partial charge is 0.322 e. The first-order valence-corrected chi connectivity index (χ1v) is 8.54. The highest BCUT2D eigenvalue weighted by Crippen LogP contribution is 2.62. The van der Waals surface area contributed by atoms with E-state index in [0.717, 1.165) is 42.3 Å². The molecule has 1 aliphatic heterocycles. The molecule has 1 amide bonds. The molecule has 0 N–H and O–H groups in total. The molecule has 2 fully saturated rings. The van der Waals surface area contributed by atoms with E-state index in [1.807, 2.05) is 29.2 Å². The Morgan fingerprint density at radius 3 is 2.54 bits per heavy atom. The van der Waals surface area contributed by atoms with Crippen LogP contribution in [0.15, 0.2) is 42.5 Å². The summed E-state index contributed by atoms with van der Waals surface area (Å²) in [4.78, 5) is 27.5. The number of benzene rings is 2. The zero-order valence-corrected chi connectivity index (χ0v) is 13.8. The first-order chi connectivity index (χ1) is 11.7. The summed E-state index contributed by atoms with van der Waals surface area (Å²) in [6.07, 6.45) is 2.58. The van der Waals surface area contributed by atoms with E-state index in [4.69, 9.17) is 4.74 Å². The fourth-order valence-electron chi connectivity index (χ4n) is 4.13. The summed E-state index contributed by atoms with van der Waals surface area (Å²) in [5.41, 5.74) is 0.0505. The molecule has 0 aromatic heterocycles. The highest BCUT2D eigenvalue weighted by atomic mass is 16.5. The third-order valence-corrected chi connectivity index (χ3v) is 5.48. The van der Waals surface area contributed by atoms with Gasteiger partial charge in [0.25, 0.3) is 0 Å². The lowest BCUT2D eigenvalue weighted by atomic mass is 9.93. The molecule has 1 saturated heterocycles. The fraction of sp³-hybridized carbons (Fsp3) is 0.400. The van der Waals surface area contributed by atoms with Crippen LogP contribution in [0.3, 0.4) is 0 Å². The Morgan fingerprint density at radius 1 is 1.08 bits per heavy atom. The predicted molar refractivity (Wildman–Crippen MR) is 91.6 cm³/mol. The van der Waals surface area contributed by atoms with Crippen LogP contribution in [0.4, 0.5) is 0 Å².